The lowest BCUT2D eigenvalue weighted by Crippen LogP contribution is -2.42. The molecule has 9 nitrogen and oxygen atoms in total. The minimum Gasteiger partial charge on any atom is -0.504 e. The molecule has 1 aromatic carbocycles. The number of imide groups is 3. The second kappa shape index (κ2) is 7.51. The number of rotatable bonds is 2. The Bertz CT molecular complexity index is 1300. The minimum atomic E-state index is -1.13. The third-order valence-corrected chi connectivity index (χ3v) is 7.35. The Morgan fingerprint density at radius 1 is 1.15 bits per heavy atom. The number of para-hydroxylation sites is 1. The summed E-state index contributed by atoms with van der Waals surface area (Å²) in [5.41, 5.74) is 7.12. The zero-order valence-corrected chi connectivity index (χ0v) is 18.5. The van der Waals surface area contributed by atoms with Gasteiger partial charge >= 0.3 is 6.03 Å². The summed E-state index contributed by atoms with van der Waals surface area (Å²) in [6.07, 6.45) is 3.31. The van der Waals surface area contributed by atoms with Gasteiger partial charge in [0.1, 0.15) is 0 Å². The average molecular weight is 462 g/mol. The molecule has 1 saturated heterocycles. The number of hydrogen-bond donors (Lipinski definition) is 2. The van der Waals surface area contributed by atoms with Gasteiger partial charge in [-0.25, -0.2) is 4.79 Å². The number of fused-ring (bicyclic) bond motifs is 3. The standard InChI is InChI=1S/C25H22N2O7/c1-10-8-16(28)15-9-14-11(6-7-13-19(14)24(32)27(23(13)31)25(26)33)18(20(15)21(10)29)12-4-3-5-17(34-2)22(12)30/h3-6,8,13-14,18-19,30H,7,9H2,1-2H3,(H2,26,33)/t13-,14+,18+,19-/m0/s1. The molecule has 0 spiro atoms. The van der Waals surface area contributed by atoms with Crippen molar-refractivity contribution in [1.29, 1.82) is 0 Å². The van der Waals surface area contributed by atoms with Gasteiger partial charge in [-0.2, -0.15) is 4.90 Å². The first-order valence-corrected chi connectivity index (χ1v) is 10.9. The van der Waals surface area contributed by atoms with Crippen LogP contribution < -0.4 is 10.5 Å². The quantitative estimate of drug-likeness (QED) is 0.388. The fourth-order valence-corrected chi connectivity index (χ4v) is 5.87. The number of nitrogens with zero attached hydrogens (tertiary/aromatic N) is 1. The van der Waals surface area contributed by atoms with Gasteiger partial charge in [-0.1, -0.05) is 23.8 Å². The van der Waals surface area contributed by atoms with Gasteiger partial charge in [0.25, 0.3) is 0 Å². The van der Waals surface area contributed by atoms with E-state index in [2.05, 4.69) is 0 Å². The third kappa shape index (κ3) is 2.82. The Morgan fingerprint density at radius 2 is 1.88 bits per heavy atom. The number of Topliss-reactive ketones (excluding diaryl/α,β-unsaturated/α-hetero) is 1. The number of carbonyl (C=O) groups is 5. The highest BCUT2D eigenvalue weighted by atomic mass is 16.5. The number of benzene rings is 1. The van der Waals surface area contributed by atoms with E-state index in [4.69, 9.17) is 10.5 Å². The summed E-state index contributed by atoms with van der Waals surface area (Å²) >= 11 is 0. The van der Waals surface area contributed by atoms with E-state index < -0.39 is 41.5 Å². The molecule has 174 valence electrons. The molecule has 0 saturated carbocycles. The van der Waals surface area contributed by atoms with E-state index in [0.29, 0.717) is 16.0 Å². The Labute approximate surface area is 194 Å². The maximum absolute atomic E-state index is 13.3. The predicted octanol–water partition coefficient (Wildman–Crippen LogP) is 1.91. The molecule has 9 heteroatoms. The van der Waals surface area contributed by atoms with Crippen LogP contribution in [0.1, 0.15) is 31.2 Å². The molecule has 1 aliphatic heterocycles. The maximum Gasteiger partial charge on any atom is 0.328 e. The van der Waals surface area contributed by atoms with Crippen molar-refractivity contribution in [3.63, 3.8) is 0 Å². The highest BCUT2D eigenvalue weighted by Crippen LogP contribution is 2.56. The number of methoxy groups -OCH3 is 1. The van der Waals surface area contributed by atoms with Crippen molar-refractivity contribution in [2.24, 2.45) is 23.5 Å². The van der Waals surface area contributed by atoms with Gasteiger partial charge in [-0.3, -0.25) is 19.2 Å². The molecule has 3 aliphatic carbocycles. The number of urea groups is 1. The number of hydrogen-bond acceptors (Lipinski definition) is 7. The van der Waals surface area contributed by atoms with Crippen molar-refractivity contribution >= 4 is 29.4 Å². The Balaban J connectivity index is 1.73. The smallest absolute Gasteiger partial charge is 0.328 e. The molecule has 5 rings (SSSR count). The fourth-order valence-electron chi connectivity index (χ4n) is 5.87. The number of phenols is 1. The van der Waals surface area contributed by atoms with Crippen LogP contribution in [-0.2, 0) is 19.2 Å². The second-order valence-electron chi connectivity index (χ2n) is 8.98. The molecule has 4 atom stereocenters. The van der Waals surface area contributed by atoms with Crippen LogP contribution in [0.4, 0.5) is 4.79 Å². The van der Waals surface area contributed by atoms with Gasteiger partial charge < -0.3 is 15.6 Å². The third-order valence-electron chi connectivity index (χ3n) is 7.35. The summed E-state index contributed by atoms with van der Waals surface area (Å²) < 4.78 is 5.25. The number of ketones is 2. The summed E-state index contributed by atoms with van der Waals surface area (Å²) in [6, 6.07) is 3.75. The molecule has 4 amide bonds. The number of nitrogens with two attached hydrogens (primary N) is 1. The van der Waals surface area contributed by atoms with Crippen molar-refractivity contribution < 1.29 is 33.8 Å². The molecular weight excluding hydrogens is 440 g/mol. The fraction of sp³-hybridized carbons (Fsp3) is 0.320. The predicted molar refractivity (Wildman–Crippen MR) is 117 cm³/mol. The molecule has 0 bridgehead atoms. The summed E-state index contributed by atoms with van der Waals surface area (Å²) in [5.74, 6) is -5.07. The molecule has 0 radical (unpaired) electrons. The highest BCUT2D eigenvalue weighted by Gasteiger charge is 2.57. The first-order chi connectivity index (χ1) is 16.2. The maximum atomic E-state index is 13.3. The molecule has 0 aromatic heterocycles. The van der Waals surface area contributed by atoms with Crippen molar-refractivity contribution in [3.8, 4) is 11.5 Å². The molecule has 34 heavy (non-hydrogen) atoms. The SMILES string of the molecule is COc1cccc([C@H]2C3=CC[C@@H]4C(=O)N(C(N)=O)C(=O)[C@@H]4[C@@H]3CC3=C2C(=O)C(C)=CC3=O)c1O. The highest BCUT2D eigenvalue weighted by molar-refractivity contribution is 6.24. The summed E-state index contributed by atoms with van der Waals surface area (Å²) in [4.78, 5) is 64.5. The van der Waals surface area contributed by atoms with E-state index >= 15 is 0 Å². The molecule has 0 unspecified atom stereocenters. The number of ether oxygens (including phenoxy) is 1. The van der Waals surface area contributed by atoms with E-state index in [-0.39, 0.29) is 52.6 Å². The molecule has 4 aliphatic rings. The van der Waals surface area contributed by atoms with E-state index in [1.807, 2.05) is 0 Å². The first kappa shape index (κ1) is 21.8. The lowest BCUT2D eigenvalue weighted by Gasteiger charge is -2.42. The zero-order chi connectivity index (χ0) is 24.5. The Kier molecular flexibility index (Phi) is 4.82. The van der Waals surface area contributed by atoms with Gasteiger partial charge in [0, 0.05) is 28.2 Å². The molecule has 1 heterocycles. The van der Waals surface area contributed by atoms with Crippen LogP contribution in [0.25, 0.3) is 0 Å². The second-order valence-corrected chi connectivity index (χ2v) is 8.98. The van der Waals surface area contributed by atoms with Crippen molar-refractivity contribution in [1.82, 2.24) is 4.90 Å². The van der Waals surface area contributed by atoms with E-state index in [1.54, 1.807) is 31.2 Å². The van der Waals surface area contributed by atoms with Crippen LogP contribution in [0, 0.1) is 17.8 Å². The van der Waals surface area contributed by atoms with E-state index in [0.717, 1.165) is 0 Å². The van der Waals surface area contributed by atoms with Gasteiger partial charge in [0.05, 0.1) is 18.9 Å². The lowest BCUT2D eigenvalue weighted by atomic mass is 9.59. The number of carbonyl (C=O) groups excluding carboxylic acids is 5. The number of primary amides is 1. The number of amides is 4. The van der Waals surface area contributed by atoms with Gasteiger partial charge in [-0.05, 0) is 37.8 Å². The van der Waals surface area contributed by atoms with Crippen LogP contribution in [0.3, 0.4) is 0 Å². The molecule has 1 fully saturated rings. The van der Waals surface area contributed by atoms with Crippen LogP contribution >= 0.6 is 0 Å². The van der Waals surface area contributed by atoms with Crippen LogP contribution in [0.2, 0.25) is 0 Å². The van der Waals surface area contributed by atoms with Crippen LogP contribution in [0.5, 0.6) is 11.5 Å². The van der Waals surface area contributed by atoms with Gasteiger partial charge in [0.15, 0.2) is 23.1 Å². The van der Waals surface area contributed by atoms with Gasteiger partial charge in [-0.15, -0.1) is 0 Å². The monoisotopic (exact) mass is 462 g/mol. The largest absolute Gasteiger partial charge is 0.504 e. The van der Waals surface area contributed by atoms with Crippen LogP contribution in [-0.4, -0.2) is 46.5 Å². The van der Waals surface area contributed by atoms with E-state index in [9.17, 15) is 29.1 Å². The van der Waals surface area contributed by atoms with Crippen LogP contribution in [0.15, 0.2) is 52.6 Å². The lowest BCUT2D eigenvalue weighted by molar-refractivity contribution is -0.136. The summed E-state index contributed by atoms with van der Waals surface area (Å²) in [6.45, 7) is 1.56. The zero-order valence-electron chi connectivity index (χ0n) is 18.5. The number of likely N-dealkylation sites (tertiary alicyclic amines) is 1. The Hall–Kier alpha value is -4.01. The summed E-state index contributed by atoms with van der Waals surface area (Å²) in [7, 11) is 1.40. The molecule has 1 aromatic rings. The van der Waals surface area contributed by atoms with Crippen molar-refractivity contribution in [3.05, 3.63) is 58.2 Å². The van der Waals surface area contributed by atoms with Gasteiger partial charge in [0.2, 0.25) is 11.8 Å². The number of aromatic hydroxyl groups is 1. The molecule has 3 N–H and O–H groups in total. The Morgan fingerprint density at radius 3 is 2.56 bits per heavy atom. The summed E-state index contributed by atoms with van der Waals surface area (Å²) in [5, 5.41) is 11.0. The van der Waals surface area contributed by atoms with Crippen molar-refractivity contribution in [2.45, 2.75) is 25.7 Å². The average Bonchev–Trinajstić information content (AvgIpc) is 3.06. The topological polar surface area (TPSA) is 144 Å². The minimum absolute atomic E-state index is 0.0730. The normalized spacial score (nSPS) is 28.2. The number of phenolic OH excluding ortho intramolecular Hbond substituents is 1. The van der Waals surface area contributed by atoms with Crippen molar-refractivity contribution in [2.75, 3.05) is 7.11 Å². The number of allylic oxidation sites excluding steroid dienone is 6. The first-order valence-electron chi connectivity index (χ1n) is 10.9. The molecular formula is C25H22N2O7. The van der Waals surface area contributed by atoms with E-state index in [1.165, 1.54) is 13.2 Å².